The fourth-order valence-corrected chi connectivity index (χ4v) is 2.72. The van der Waals surface area contributed by atoms with Gasteiger partial charge in [-0.25, -0.2) is 9.59 Å². The Kier molecular flexibility index (Phi) is 10.3. The van der Waals surface area contributed by atoms with Crippen molar-refractivity contribution in [1.82, 2.24) is 0 Å². The number of ether oxygens (including phenoxy) is 3. The number of aliphatic hydroxyl groups excluding tert-OH is 1. The molecule has 27 heavy (non-hydrogen) atoms. The van der Waals surface area contributed by atoms with Gasteiger partial charge in [0.15, 0.2) is 6.29 Å². The average molecular weight is 384 g/mol. The first-order chi connectivity index (χ1) is 12.7. The Balaban J connectivity index is 2.36. The van der Waals surface area contributed by atoms with Gasteiger partial charge < -0.3 is 24.4 Å². The molecule has 5 atom stereocenters. The minimum atomic E-state index is -0.936. The van der Waals surface area contributed by atoms with Gasteiger partial charge in [0.25, 0.3) is 0 Å². The van der Waals surface area contributed by atoms with Crippen LogP contribution in [0.25, 0.3) is 0 Å². The van der Waals surface area contributed by atoms with E-state index in [4.69, 9.17) is 19.3 Å². The van der Waals surface area contributed by atoms with Crippen molar-refractivity contribution in [2.75, 3.05) is 0 Å². The lowest BCUT2D eigenvalue weighted by molar-refractivity contribution is -0.275. The van der Waals surface area contributed by atoms with Crippen LogP contribution < -0.4 is 0 Å². The molecule has 1 heterocycles. The van der Waals surface area contributed by atoms with Crippen LogP contribution in [-0.2, 0) is 23.8 Å². The van der Waals surface area contributed by atoms with Crippen molar-refractivity contribution in [3.05, 3.63) is 23.8 Å². The van der Waals surface area contributed by atoms with E-state index in [0.717, 1.165) is 25.3 Å². The first-order valence-corrected chi connectivity index (χ1v) is 9.47. The van der Waals surface area contributed by atoms with Crippen molar-refractivity contribution in [3.8, 4) is 0 Å². The highest BCUT2D eigenvalue weighted by Crippen LogP contribution is 2.25. The third kappa shape index (κ3) is 8.69. The Bertz CT molecular complexity index is 540. The zero-order valence-corrected chi connectivity index (χ0v) is 16.6. The summed E-state index contributed by atoms with van der Waals surface area (Å²) in [6, 6.07) is 0. The van der Waals surface area contributed by atoms with Gasteiger partial charge >= 0.3 is 11.9 Å². The molecule has 2 N–H and O–H groups in total. The monoisotopic (exact) mass is 384 g/mol. The van der Waals surface area contributed by atoms with Crippen LogP contribution >= 0.6 is 0 Å². The van der Waals surface area contributed by atoms with Gasteiger partial charge in [-0.05, 0) is 47.0 Å². The number of carbonyl (C=O) groups excluding carboxylic acids is 1. The van der Waals surface area contributed by atoms with Gasteiger partial charge in [0.05, 0.1) is 12.2 Å². The van der Waals surface area contributed by atoms with Crippen LogP contribution in [0, 0.1) is 0 Å². The first-order valence-electron chi connectivity index (χ1n) is 9.47. The zero-order valence-electron chi connectivity index (χ0n) is 16.6. The van der Waals surface area contributed by atoms with Gasteiger partial charge in [-0.15, -0.1) is 0 Å². The van der Waals surface area contributed by atoms with Crippen molar-refractivity contribution in [2.45, 2.75) is 90.5 Å². The second-order valence-electron chi connectivity index (χ2n) is 6.90. The minimum absolute atomic E-state index is 0.107. The maximum atomic E-state index is 11.9. The summed E-state index contributed by atoms with van der Waals surface area (Å²) >= 11 is 0. The number of unbranched alkanes of at least 4 members (excludes halogenated alkanes) is 2. The smallest absolute Gasteiger partial charge is 0.333 e. The predicted octanol–water partition coefficient (Wildman–Crippen LogP) is 2.97. The Morgan fingerprint density at radius 1 is 1.33 bits per heavy atom. The summed E-state index contributed by atoms with van der Waals surface area (Å²) in [6.45, 7) is 7.15. The Hall–Kier alpha value is -1.70. The number of allylic oxidation sites excluding steroid dienone is 2. The molecule has 1 fully saturated rings. The van der Waals surface area contributed by atoms with E-state index in [1.165, 1.54) is 0 Å². The van der Waals surface area contributed by atoms with Crippen LogP contribution in [0.1, 0.15) is 59.8 Å². The van der Waals surface area contributed by atoms with Crippen molar-refractivity contribution in [1.29, 1.82) is 0 Å². The molecule has 0 spiro atoms. The second-order valence-corrected chi connectivity index (χ2v) is 6.90. The molecule has 0 amide bonds. The molecule has 0 aromatic rings. The van der Waals surface area contributed by atoms with Gasteiger partial charge in [-0.2, -0.15) is 0 Å². The summed E-state index contributed by atoms with van der Waals surface area (Å²) in [7, 11) is 0. The zero-order chi connectivity index (χ0) is 20.4. The van der Waals surface area contributed by atoms with Crippen LogP contribution in [0.4, 0.5) is 0 Å². The molecule has 0 bridgehead atoms. The fourth-order valence-electron chi connectivity index (χ4n) is 2.72. The van der Waals surface area contributed by atoms with E-state index >= 15 is 0 Å². The minimum Gasteiger partial charge on any atom is -0.478 e. The van der Waals surface area contributed by atoms with E-state index in [1.54, 1.807) is 32.9 Å². The summed E-state index contributed by atoms with van der Waals surface area (Å²) in [5.74, 6) is -1.34. The van der Waals surface area contributed by atoms with Gasteiger partial charge in [-0.1, -0.05) is 18.6 Å². The lowest BCUT2D eigenvalue weighted by Gasteiger charge is -2.38. The summed E-state index contributed by atoms with van der Waals surface area (Å²) in [6.07, 6.45) is 5.34. The van der Waals surface area contributed by atoms with E-state index in [0.29, 0.717) is 12.0 Å². The molecule has 2 unspecified atom stereocenters. The quantitative estimate of drug-likeness (QED) is 0.339. The highest BCUT2D eigenvalue weighted by molar-refractivity contribution is 5.87. The largest absolute Gasteiger partial charge is 0.478 e. The van der Waals surface area contributed by atoms with E-state index in [9.17, 15) is 14.7 Å². The van der Waals surface area contributed by atoms with E-state index in [1.807, 2.05) is 6.92 Å². The van der Waals surface area contributed by atoms with Crippen molar-refractivity contribution in [3.63, 3.8) is 0 Å². The third-order valence-corrected chi connectivity index (χ3v) is 4.53. The number of carboxylic acids is 1. The highest BCUT2D eigenvalue weighted by Gasteiger charge is 2.38. The van der Waals surface area contributed by atoms with Crippen LogP contribution in [-0.4, -0.2) is 52.9 Å². The molecule has 154 valence electrons. The number of rotatable bonds is 10. The Labute approximate surface area is 161 Å². The fraction of sp³-hybridized carbons (Fsp3) is 0.700. The topological polar surface area (TPSA) is 102 Å². The van der Waals surface area contributed by atoms with Crippen LogP contribution in [0.2, 0.25) is 0 Å². The standard InChI is InChI=1S/C20H32O7/c1-5-13(2)19(24)27-17-12-16(21)20(26-15(17)4)25-14(3)10-8-6-7-9-11-18(22)23/h5,9,11,14-17,20-21H,6-8,10,12H2,1-4H3,(H,22,23)/b11-9+,13-5+/t14-,15?,16?,17-,20-/m1/s1. The number of hydrogen-bond acceptors (Lipinski definition) is 6. The molecule has 1 saturated heterocycles. The molecule has 0 aliphatic carbocycles. The van der Waals surface area contributed by atoms with E-state index in [2.05, 4.69) is 0 Å². The van der Waals surface area contributed by atoms with Gasteiger partial charge in [-0.3, -0.25) is 0 Å². The molecule has 7 nitrogen and oxygen atoms in total. The molecule has 0 saturated carbocycles. The molecule has 7 heteroatoms. The number of hydrogen-bond donors (Lipinski definition) is 2. The lowest BCUT2D eigenvalue weighted by atomic mass is 10.0. The maximum absolute atomic E-state index is 11.9. The van der Waals surface area contributed by atoms with Crippen LogP contribution in [0.5, 0.6) is 0 Å². The second kappa shape index (κ2) is 11.9. The molecule has 0 radical (unpaired) electrons. The number of carboxylic acid groups (broad SMARTS) is 1. The Morgan fingerprint density at radius 2 is 2.04 bits per heavy atom. The summed E-state index contributed by atoms with van der Waals surface area (Å²) in [5, 5.41) is 18.8. The number of aliphatic carboxylic acids is 1. The van der Waals surface area contributed by atoms with Gasteiger partial charge in [0.1, 0.15) is 12.2 Å². The predicted molar refractivity (Wildman–Crippen MR) is 100 cm³/mol. The first kappa shape index (κ1) is 23.3. The lowest BCUT2D eigenvalue weighted by Crippen LogP contribution is -2.49. The number of esters is 1. The van der Waals surface area contributed by atoms with Gasteiger partial charge in [0.2, 0.25) is 0 Å². The Morgan fingerprint density at radius 3 is 2.67 bits per heavy atom. The average Bonchev–Trinajstić information content (AvgIpc) is 2.61. The maximum Gasteiger partial charge on any atom is 0.333 e. The summed E-state index contributed by atoms with van der Waals surface area (Å²) in [5.41, 5.74) is 0.516. The van der Waals surface area contributed by atoms with E-state index < -0.39 is 30.4 Å². The molecule has 1 aliphatic rings. The highest BCUT2D eigenvalue weighted by atomic mass is 16.7. The summed E-state index contributed by atoms with van der Waals surface area (Å²) in [4.78, 5) is 22.3. The van der Waals surface area contributed by atoms with Crippen molar-refractivity contribution < 1.29 is 34.0 Å². The summed E-state index contributed by atoms with van der Waals surface area (Å²) < 4.78 is 16.9. The van der Waals surface area contributed by atoms with Crippen molar-refractivity contribution in [2.24, 2.45) is 0 Å². The molecule has 1 aliphatic heterocycles. The molecular formula is C20H32O7. The molecule has 0 aromatic carbocycles. The normalized spacial score (nSPS) is 27.5. The SMILES string of the molecule is C/C=C(\C)C(=O)O[C@@H]1CC(O)[C@H](O[C@H](C)CCCC/C=C/C(=O)O)OC1C. The van der Waals surface area contributed by atoms with E-state index in [-0.39, 0.29) is 18.6 Å². The number of carbonyl (C=O) groups is 2. The van der Waals surface area contributed by atoms with Crippen LogP contribution in [0.3, 0.4) is 0 Å². The molecule has 1 rings (SSSR count). The van der Waals surface area contributed by atoms with Crippen LogP contribution in [0.15, 0.2) is 23.8 Å². The molecular weight excluding hydrogens is 352 g/mol. The number of aliphatic hydroxyl groups is 1. The molecule has 0 aromatic heterocycles. The van der Waals surface area contributed by atoms with Gasteiger partial charge in [0, 0.05) is 18.1 Å². The van der Waals surface area contributed by atoms with Crippen molar-refractivity contribution >= 4 is 11.9 Å². The third-order valence-electron chi connectivity index (χ3n) is 4.53.